The number of imidazole rings is 1. The van der Waals surface area contributed by atoms with E-state index in [0.29, 0.717) is 16.5 Å². The van der Waals surface area contributed by atoms with Crippen LogP contribution >= 0.6 is 39.1 Å². The zero-order valence-electron chi connectivity index (χ0n) is 10.9. The van der Waals surface area contributed by atoms with E-state index in [1.165, 1.54) is 0 Å². The Labute approximate surface area is 141 Å². The molecule has 0 spiro atoms. The van der Waals surface area contributed by atoms with Gasteiger partial charge in [-0.1, -0.05) is 57.3 Å². The molecule has 106 valence electrons. The van der Waals surface area contributed by atoms with Gasteiger partial charge in [-0.05, 0) is 29.8 Å². The minimum absolute atomic E-state index is 0.637. The summed E-state index contributed by atoms with van der Waals surface area (Å²) in [4.78, 5) is 7.74. The number of nitrogens with zero attached hydrogens (tertiary/aromatic N) is 1. The van der Waals surface area contributed by atoms with Gasteiger partial charge in [0.05, 0.1) is 11.9 Å². The Kier molecular flexibility index (Phi) is 4.34. The third-order valence-electron chi connectivity index (χ3n) is 3.14. The van der Waals surface area contributed by atoms with E-state index in [2.05, 4.69) is 25.9 Å². The van der Waals surface area contributed by atoms with Crippen LogP contribution in [0.1, 0.15) is 11.4 Å². The topological polar surface area (TPSA) is 28.7 Å². The van der Waals surface area contributed by atoms with Gasteiger partial charge < -0.3 is 4.98 Å². The van der Waals surface area contributed by atoms with Gasteiger partial charge in [-0.25, -0.2) is 4.98 Å². The van der Waals surface area contributed by atoms with Crippen LogP contribution in [0.3, 0.4) is 0 Å². The van der Waals surface area contributed by atoms with Crippen LogP contribution in [0.2, 0.25) is 10.0 Å². The standard InChI is InChI=1S/C16H11BrCl2N2/c17-12-3-1-2-11(6-12)15-9-20-16(21-15)7-10-4-5-13(18)8-14(10)19/h1-6,8-9H,7H2,(H,20,21). The van der Waals surface area contributed by atoms with Gasteiger partial charge in [-0.15, -0.1) is 0 Å². The summed E-state index contributed by atoms with van der Waals surface area (Å²) in [5, 5.41) is 1.29. The highest BCUT2D eigenvalue weighted by molar-refractivity contribution is 9.10. The number of nitrogens with one attached hydrogen (secondary N) is 1. The third-order valence-corrected chi connectivity index (χ3v) is 4.22. The number of benzene rings is 2. The number of halogens is 3. The van der Waals surface area contributed by atoms with Gasteiger partial charge in [-0.2, -0.15) is 0 Å². The van der Waals surface area contributed by atoms with Crippen molar-refractivity contribution in [2.24, 2.45) is 0 Å². The van der Waals surface area contributed by atoms with E-state index in [0.717, 1.165) is 27.1 Å². The third kappa shape index (κ3) is 3.49. The second-order valence-corrected chi connectivity index (χ2v) is 6.43. The fraction of sp³-hybridized carbons (Fsp3) is 0.0625. The van der Waals surface area contributed by atoms with Crippen molar-refractivity contribution < 1.29 is 0 Å². The van der Waals surface area contributed by atoms with E-state index >= 15 is 0 Å². The van der Waals surface area contributed by atoms with Crippen LogP contribution in [0.5, 0.6) is 0 Å². The molecule has 2 nitrogen and oxygen atoms in total. The molecule has 3 rings (SSSR count). The maximum absolute atomic E-state index is 6.19. The highest BCUT2D eigenvalue weighted by atomic mass is 79.9. The Morgan fingerprint density at radius 2 is 1.95 bits per heavy atom. The predicted octanol–water partition coefficient (Wildman–Crippen LogP) is 5.74. The molecule has 1 heterocycles. The van der Waals surface area contributed by atoms with Gasteiger partial charge >= 0.3 is 0 Å². The van der Waals surface area contributed by atoms with Crippen LogP contribution < -0.4 is 0 Å². The van der Waals surface area contributed by atoms with Gasteiger partial charge in [0, 0.05) is 26.5 Å². The average Bonchev–Trinajstić information content (AvgIpc) is 2.91. The summed E-state index contributed by atoms with van der Waals surface area (Å²) in [5.41, 5.74) is 3.07. The Morgan fingerprint density at radius 3 is 2.71 bits per heavy atom. The monoisotopic (exact) mass is 380 g/mol. The lowest BCUT2D eigenvalue weighted by molar-refractivity contribution is 1.03. The fourth-order valence-electron chi connectivity index (χ4n) is 2.10. The first-order chi connectivity index (χ1) is 10.1. The van der Waals surface area contributed by atoms with Gasteiger partial charge in [0.25, 0.3) is 0 Å². The minimum Gasteiger partial charge on any atom is -0.342 e. The first-order valence-electron chi connectivity index (χ1n) is 6.35. The zero-order chi connectivity index (χ0) is 14.8. The molecule has 0 saturated carbocycles. The van der Waals surface area contributed by atoms with E-state index in [4.69, 9.17) is 23.2 Å². The molecule has 1 aromatic heterocycles. The molecule has 0 fully saturated rings. The molecular weight excluding hydrogens is 371 g/mol. The van der Waals surface area contributed by atoms with Crippen molar-refractivity contribution in [2.75, 3.05) is 0 Å². The van der Waals surface area contributed by atoms with Crippen molar-refractivity contribution in [3.05, 3.63) is 74.6 Å². The van der Waals surface area contributed by atoms with Crippen molar-refractivity contribution in [2.45, 2.75) is 6.42 Å². The van der Waals surface area contributed by atoms with E-state index in [9.17, 15) is 0 Å². The normalized spacial score (nSPS) is 10.8. The average molecular weight is 382 g/mol. The molecule has 0 aliphatic heterocycles. The highest BCUT2D eigenvalue weighted by Crippen LogP contribution is 2.25. The predicted molar refractivity (Wildman–Crippen MR) is 91.0 cm³/mol. The second kappa shape index (κ2) is 6.22. The summed E-state index contributed by atoms with van der Waals surface area (Å²) in [6.45, 7) is 0. The first kappa shape index (κ1) is 14.6. The van der Waals surface area contributed by atoms with Crippen molar-refractivity contribution in [3.8, 4) is 11.3 Å². The molecule has 1 N–H and O–H groups in total. The summed E-state index contributed by atoms with van der Waals surface area (Å²) in [6, 6.07) is 13.6. The largest absolute Gasteiger partial charge is 0.342 e. The van der Waals surface area contributed by atoms with E-state index < -0.39 is 0 Å². The van der Waals surface area contributed by atoms with E-state index in [-0.39, 0.29) is 0 Å². The number of rotatable bonds is 3. The van der Waals surface area contributed by atoms with Gasteiger partial charge in [-0.3, -0.25) is 0 Å². The molecule has 0 atom stereocenters. The van der Waals surface area contributed by atoms with Crippen molar-refractivity contribution in [3.63, 3.8) is 0 Å². The van der Waals surface area contributed by atoms with E-state index in [1.54, 1.807) is 6.07 Å². The van der Waals surface area contributed by atoms with Gasteiger partial charge in [0.15, 0.2) is 0 Å². The molecule has 0 aliphatic rings. The second-order valence-electron chi connectivity index (χ2n) is 4.67. The molecule has 5 heteroatoms. The van der Waals surface area contributed by atoms with Crippen LogP contribution in [-0.4, -0.2) is 9.97 Å². The lowest BCUT2D eigenvalue weighted by Crippen LogP contribution is -1.92. The first-order valence-corrected chi connectivity index (χ1v) is 7.90. The highest BCUT2D eigenvalue weighted by Gasteiger charge is 2.07. The SMILES string of the molecule is Clc1ccc(Cc2ncc(-c3cccc(Br)c3)[nH]2)c(Cl)c1. The number of H-pyrrole nitrogens is 1. The fourth-order valence-corrected chi connectivity index (χ4v) is 2.98. The molecule has 0 saturated heterocycles. The zero-order valence-corrected chi connectivity index (χ0v) is 14.0. The summed E-state index contributed by atoms with van der Waals surface area (Å²) < 4.78 is 1.04. The van der Waals surface area contributed by atoms with Crippen molar-refractivity contribution in [1.29, 1.82) is 0 Å². The number of hydrogen-bond donors (Lipinski definition) is 1. The summed E-state index contributed by atoms with van der Waals surface area (Å²) in [5.74, 6) is 0.870. The molecule has 3 aromatic rings. The van der Waals surface area contributed by atoms with Crippen molar-refractivity contribution in [1.82, 2.24) is 9.97 Å². The smallest absolute Gasteiger partial charge is 0.110 e. The molecule has 0 bridgehead atoms. The molecule has 21 heavy (non-hydrogen) atoms. The number of hydrogen-bond acceptors (Lipinski definition) is 1. The van der Waals surface area contributed by atoms with Crippen LogP contribution in [0.25, 0.3) is 11.3 Å². The lowest BCUT2D eigenvalue weighted by Gasteiger charge is -2.03. The van der Waals surface area contributed by atoms with Crippen LogP contribution in [0, 0.1) is 0 Å². The van der Waals surface area contributed by atoms with Crippen LogP contribution in [0.4, 0.5) is 0 Å². The quantitative estimate of drug-likeness (QED) is 0.615. The number of aromatic amines is 1. The molecule has 0 amide bonds. The van der Waals surface area contributed by atoms with Gasteiger partial charge in [0.2, 0.25) is 0 Å². The van der Waals surface area contributed by atoms with Crippen LogP contribution in [0.15, 0.2) is 53.1 Å². The van der Waals surface area contributed by atoms with E-state index in [1.807, 2.05) is 42.6 Å². The molecular formula is C16H11BrCl2N2. The molecule has 0 aliphatic carbocycles. The summed E-state index contributed by atoms with van der Waals surface area (Å²) in [6.07, 6.45) is 2.48. The Hall–Kier alpha value is -1.29. The Morgan fingerprint density at radius 1 is 1.10 bits per heavy atom. The maximum atomic E-state index is 6.19. The summed E-state index contributed by atoms with van der Waals surface area (Å²) in [7, 11) is 0. The number of aromatic nitrogens is 2. The van der Waals surface area contributed by atoms with Gasteiger partial charge in [0.1, 0.15) is 5.82 Å². The maximum Gasteiger partial charge on any atom is 0.110 e. The Balaban J connectivity index is 1.85. The van der Waals surface area contributed by atoms with Crippen molar-refractivity contribution >= 4 is 39.1 Å². The minimum atomic E-state index is 0.637. The molecule has 0 unspecified atom stereocenters. The molecule has 0 radical (unpaired) electrons. The summed E-state index contributed by atoms with van der Waals surface area (Å²) >= 11 is 15.6. The van der Waals surface area contributed by atoms with Crippen LogP contribution in [-0.2, 0) is 6.42 Å². The molecule has 2 aromatic carbocycles. The lowest BCUT2D eigenvalue weighted by atomic mass is 10.1. The Bertz CT molecular complexity index is 783.